The van der Waals surface area contributed by atoms with E-state index in [1.807, 2.05) is 0 Å². The van der Waals surface area contributed by atoms with Crippen molar-refractivity contribution in [3.63, 3.8) is 0 Å². The summed E-state index contributed by atoms with van der Waals surface area (Å²) in [6.07, 6.45) is -4.33. The summed E-state index contributed by atoms with van der Waals surface area (Å²) in [4.78, 5) is 11.1. The van der Waals surface area contributed by atoms with Gasteiger partial charge in [-0.05, 0) is 6.92 Å². The molecule has 15 heavy (non-hydrogen) atoms. The molecular weight excluding hydrogens is 235 g/mol. The summed E-state index contributed by atoms with van der Waals surface area (Å²) < 4.78 is 41.7. The van der Waals surface area contributed by atoms with E-state index in [1.165, 1.54) is 0 Å². The van der Waals surface area contributed by atoms with Crippen molar-refractivity contribution in [3.05, 3.63) is 0 Å². The highest BCUT2D eigenvalue weighted by atomic mass is 35.5. The zero-order valence-corrected chi connectivity index (χ0v) is 8.95. The van der Waals surface area contributed by atoms with Gasteiger partial charge in [-0.2, -0.15) is 13.2 Å². The van der Waals surface area contributed by atoms with Crippen LogP contribution in [-0.2, 0) is 9.53 Å². The van der Waals surface area contributed by atoms with Crippen LogP contribution in [0.1, 0.15) is 6.92 Å². The van der Waals surface area contributed by atoms with E-state index in [1.54, 1.807) is 6.92 Å². The molecule has 0 spiro atoms. The maximum atomic E-state index is 12.4. The van der Waals surface area contributed by atoms with Gasteiger partial charge in [-0.25, -0.2) is 0 Å². The van der Waals surface area contributed by atoms with Crippen LogP contribution in [0.25, 0.3) is 0 Å². The summed E-state index contributed by atoms with van der Waals surface area (Å²) in [5, 5.41) is 2.55. The molecule has 0 aromatic rings. The van der Waals surface area contributed by atoms with E-state index < -0.39 is 24.0 Å². The van der Waals surface area contributed by atoms with Gasteiger partial charge in [0.15, 0.2) is 0 Å². The molecule has 1 aliphatic heterocycles. The van der Waals surface area contributed by atoms with E-state index in [-0.39, 0.29) is 32.1 Å². The van der Waals surface area contributed by atoms with Crippen molar-refractivity contribution in [2.75, 3.05) is 19.7 Å². The molecule has 0 amide bonds. The fourth-order valence-electron chi connectivity index (χ4n) is 1.52. The number of hydrogen-bond acceptors (Lipinski definition) is 3. The monoisotopic (exact) mass is 247 g/mol. The van der Waals surface area contributed by atoms with Crippen LogP contribution in [0.2, 0.25) is 0 Å². The quantitative estimate of drug-likeness (QED) is 0.749. The molecule has 90 valence electrons. The minimum Gasteiger partial charge on any atom is -0.466 e. The van der Waals surface area contributed by atoms with E-state index >= 15 is 0 Å². The molecule has 0 unspecified atom stereocenters. The molecule has 0 radical (unpaired) electrons. The van der Waals surface area contributed by atoms with Crippen LogP contribution >= 0.6 is 12.4 Å². The Morgan fingerprint density at radius 3 is 2.53 bits per heavy atom. The molecule has 0 saturated carbocycles. The van der Waals surface area contributed by atoms with Crippen LogP contribution < -0.4 is 5.32 Å². The second-order valence-corrected chi connectivity index (χ2v) is 3.16. The number of esters is 1. The van der Waals surface area contributed by atoms with Gasteiger partial charge in [0.2, 0.25) is 0 Å². The molecule has 1 aliphatic rings. The van der Waals surface area contributed by atoms with Crippen LogP contribution in [0.5, 0.6) is 0 Å². The maximum Gasteiger partial charge on any atom is 0.393 e. The lowest BCUT2D eigenvalue weighted by Crippen LogP contribution is -2.34. The van der Waals surface area contributed by atoms with Crippen LogP contribution in [0, 0.1) is 11.8 Å². The second kappa shape index (κ2) is 5.55. The first kappa shape index (κ1) is 14.5. The summed E-state index contributed by atoms with van der Waals surface area (Å²) in [6.45, 7) is 1.53. The summed E-state index contributed by atoms with van der Waals surface area (Å²) in [5.41, 5.74) is 0. The van der Waals surface area contributed by atoms with Crippen LogP contribution in [-0.4, -0.2) is 31.8 Å². The molecule has 2 atom stereocenters. The first-order valence-corrected chi connectivity index (χ1v) is 4.41. The molecule has 0 aromatic carbocycles. The summed E-state index contributed by atoms with van der Waals surface area (Å²) in [5.74, 6) is -3.46. The number of alkyl halides is 3. The fourth-order valence-corrected chi connectivity index (χ4v) is 1.52. The van der Waals surface area contributed by atoms with Gasteiger partial charge < -0.3 is 10.1 Å². The minimum atomic E-state index is -4.33. The lowest BCUT2D eigenvalue weighted by atomic mass is 9.96. The van der Waals surface area contributed by atoms with Gasteiger partial charge in [-0.1, -0.05) is 0 Å². The number of halogens is 4. The Labute approximate surface area is 91.8 Å². The predicted octanol–water partition coefficient (Wildman–Crippen LogP) is 1.37. The Bertz CT molecular complexity index is 222. The summed E-state index contributed by atoms with van der Waals surface area (Å²) >= 11 is 0. The van der Waals surface area contributed by atoms with Crippen LogP contribution in [0.15, 0.2) is 0 Å². The Kier molecular flexibility index (Phi) is 5.37. The van der Waals surface area contributed by atoms with Crippen molar-refractivity contribution >= 4 is 18.4 Å². The third-order valence-electron chi connectivity index (χ3n) is 2.22. The molecular formula is C8H13ClF3NO2. The molecule has 0 aromatic heterocycles. The van der Waals surface area contributed by atoms with Gasteiger partial charge in [0, 0.05) is 13.1 Å². The lowest BCUT2D eigenvalue weighted by Gasteiger charge is -2.19. The predicted molar refractivity (Wildman–Crippen MR) is 49.8 cm³/mol. The average molecular weight is 248 g/mol. The number of nitrogens with one attached hydrogen (secondary N) is 1. The van der Waals surface area contributed by atoms with E-state index in [9.17, 15) is 18.0 Å². The maximum absolute atomic E-state index is 12.4. The van der Waals surface area contributed by atoms with Gasteiger partial charge in [0.25, 0.3) is 0 Å². The molecule has 0 aliphatic carbocycles. The Hall–Kier alpha value is -0.490. The van der Waals surface area contributed by atoms with Gasteiger partial charge in [-0.15, -0.1) is 12.4 Å². The summed E-state index contributed by atoms with van der Waals surface area (Å²) in [6, 6.07) is 0. The van der Waals surface area contributed by atoms with E-state index in [2.05, 4.69) is 10.1 Å². The molecule has 1 saturated heterocycles. The van der Waals surface area contributed by atoms with Crippen molar-refractivity contribution in [2.45, 2.75) is 13.1 Å². The Morgan fingerprint density at radius 1 is 1.47 bits per heavy atom. The van der Waals surface area contributed by atoms with Crippen molar-refractivity contribution in [1.29, 1.82) is 0 Å². The summed E-state index contributed by atoms with van der Waals surface area (Å²) in [7, 11) is 0. The normalized spacial score (nSPS) is 25.9. The zero-order valence-electron chi connectivity index (χ0n) is 8.13. The molecule has 7 heteroatoms. The number of ether oxygens (including phenoxy) is 1. The van der Waals surface area contributed by atoms with Gasteiger partial charge in [-0.3, -0.25) is 4.79 Å². The number of carbonyl (C=O) groups is 1. The Morgan fingerprint density at radius 2 is 2.07 bits per heavy atom. The van der Waals surface area contributed by atoms with E-state index in [4.69, 9.17) is 0 Å². The van der Waals surface area contributed by atoms with Crippen molar-refractivity contribution < 1.29 is 22.7 Å². The Balaban J connectivity index is 0.00000196. The average Bonchev–Trinajstić information content (AvgIpc) is 2.50. The third kappa shape index (κ3) is 3.53. The molecule has 1 heterocycles. The highest BCUT2D eigenvalue weighted by Gasteiger charge is 2.50. The highest BCUT2D eigenvalue weighted by molar-refractivity contribution is 5.85. The molecule has 1 rings (SSSR count). The zero-order chi connectivity index (χ0) is 10.8. The molecule has 1 N–H and O–H groups in total. The number of carbonyl (C=O) groups excluding carboxylic acids is 1. The van der Waals surface area contributed by atoms with Crippen LogP contribution in [0.4, 0.5) is 13.2 Å². The van der Waals surface area contributed by atoms with Crippen molar-refractivity contribution in [1.82, 2.24) is 5.32 Å². The molecule has 0 bridgehead atoms. The molecule has 3 nitrogen and oxygen atoms in total. The smallest absolute Gasteiger partial charge is 0.393 e. The van der Waals surface area contributed by atoms with Crippen LogP contribution in [0.3, 0.4) is 0 Å². The van der Waals surface area contributed by atoms with Crippen molar-refractivity contribution in [3.8, 4) is 0 Å². The fraction of sp³-hybridized carbons (Fsp3) is 0.875. The number of rotatable bonds is 2. The largest absolute Gasteiger partial charge is 0.466 e. The first-order valence-electron chi connectivity index (χ1n) is 4.41. The first-order chi connectivity index (χ1) is 6.46. The number of hydrogen-bond donors (Lipinski definition) is 1. The topological polar surface area (TPSA) is 38.3 Å². The SMILES string of the molecule is CCOC(=O)[C@H]1CNC[C@H]1C(F)(F)F.Cl. The van der Waals surface area contributed by atoms with Gasteiger partial charge >= 0.3 is 12.1 Å². The highest BCUT2D eigenvalue weighted by Crippen LogP contribution is 2.34. The minimum absolute atomic E-state index is 0. The lowest BCUT2D eigenvalue weighted by molar-refractivity contribution is -0.189. The van der Waals surface area contributed by atoms with Crippen molar-refractivity contribution in [2.24, 2.45) is 11.8 Å². The van der Waals surface area contributed by atoms with Gasteiger partial charge in [0.1, 0.15) is 0 Å². The van der Waals surface area contributed by atoms with Gasteiger partial charge in [0.05, 0.1) is 18.4 Å². The second-order valence-electron chi connectivity index (χ2n) is 3.16. The van der Waals surface area contributed by atoms with E-state index in [0.717, 1.165) is 0 Å². The van der Waals surface area contributed by atoms with E-state index in [0.29, 0.717) is 0 Å². The standard InChI is InChI=1S/C8H12F3NO2.ClH/c1-2-14-7(13)5-3-12-4-6(5)8(9,10)11;/h5-6,12H,2-4H2,1H3;1H/t5-,6+;/m0./s1. The molecule has 1 fully saturated rings. The third-order valence-corrected chi connectivity index (χ3v) is 2.22.